The van der Waals surface area contributed by atoms with E-state index in [1.807, 2.05) is 6.92 Å². The summed E-state index contributed by atoms with van der Waals surface area (Å²) in [5.74, 6) is -2.99. The maximum absolute atomic E-state index is 13.6. The lowest BCUT2D eigenvalue weighted by Gasteiger charge is -2.46. The molecule has 2 aliphatic carbocycles. The lowest BCUT2D eigenvalue weighted by molar-refractivity contribution is -0.211. The van der Waals surface area contributed by atoms with Crippen LogP contribution in [0.1, 0.15) is 112 Å². The third-order valence-corrected chi connectivity index (χ3v) is 8.06. The van der Waals surface area contributed by atoms with Gasteiger partial charge < -0.3 is 20.1 Å². The first kappa shape index (κ1) is 28.9. The summed E-state index contributed by atoms with van der Waals surface area (Å²) in [7, 11) is 0. The number of ether oxygens (including phenoxy) is 2. The summed E-state index contributed by atoms with van der Waals surface area (Å²) in [5, 5.41) is 5.86. The predicted octanol–water partition coefficient (Wildman–Crippen LogP) is 5.13. The molecule has 1 aromatic rings. The SMILES string of the molecule is CCCN(C(C)OC(=O)NC1CCCCC1)C(C)(OC(=O)NC1CCCCC1)N1C(=O)c2ccccc2C1=O. The molecule has 2 N–H and O–H groups in total. The Hall–Kier alpha value is -3.14. The molecular weight excluding hydrogens is 500 g/mol. The van der Waals surface area contributed by atoms with Gasteiger partial charge in [0, 0.05) is 25.6 Å². The summed E-state index contributed by atoms with van der Waals surface area (Å²) < 4.78 is 11.8. The number of hydrogen-bond donors (Lipinski definition) is 2. The molecule has 2 saturated carbocycles. The molecule has 4 rings (SSSR count). The predicted molar refractivity (Wildman–Crippen MR) is 145 cm³/mol. The Morgan fingerprint density at radius 3 is 1.90 bits per heavy atom. The molecule has 1 aliphatic heterocycles. The molecule has 4 amide bonds. The molecular formula is C29H42N4O6. The number of rotatable bonds is 9. The average molecular weight is 543 g/mol. The number of carbonyl (C=O) groups excluding carboxylic acids is 4. The Morgan fingerprint density at radius 1 is 0.923 bits per heavy atom. The number of imide groups is 1. The van der Waals surface area contributed by atoms with E-state index in [1.165, 1.54) is 6.92 Å². The van der Waals surface area contributed by atoms with Gasteiger partial charge in [0.2, 0.25) is 0 Å². The van der Waals surface area contributed by atoms with E-state index in [9.17, 15) is 19.2 Å². The second kappa shape index (κ2) is 12.8. The van der Waals surface area contributed by atoms with Crippen molar-refractivity contribution in [2.45, 2.75) is 116 Å². The highest BCUT2D eigenvalue weighted by molar-refractivity contribution is 6.21. The van der Waals surface area contributed by atoms with Gasteiger partial charge in [0.25, 0.3) is 17.7 Å². The summed E-state index contributed by atoms with van der Waals surface area (Å²) >= 11 is 0. The van der Waals surface area contributed by atoms with E-state index in [0.29, 0.717) is 13.0 Å². The Kier molecular flexibility index (Phi) is 9.48. The molecule has 0 saturated heterocycles. The van der Waals surface area contributed by atoms with Gasteiger partial charge in [-0.25, -0.2) is 19.4 Å². The summed E-state index contributed by atoms with van der Waals surface area (Å²) in [4.78, 5) is 55.8. The van der Waals surface area contributed by atoms with Crippen LogP contribution < -0.4 is 10.6 Å². The first-order valence-corrected chi connectivity index (χ1v) is 14.5. The third kappa shape index (κ3) is 6.54. The van der Waals surface area contributed by atoms with E-state index in [-0.39, 0.29) is 23.2 Å². The number of carbonyl (C=O) groups is 4. The van der Waals surface area contributed by atoms with E-state index in [0.717, 1.165) is 69.1 Å². The van der Waals surface area contributed by atoms with Gasteiger partial charge in [-0.05, 0) is 51.2 Å². The first-order valence-electron chi connectivity index (χ1n) is 14.5. The first-order chi connectivity index (χ1) is 18.7. The Morgan fingerprint density at radius 2 is 1.41 bits per heavy atom. The lowest BCUT2D eigenvalue weighted by atomic mass is 9.96. The number of benzene rings is 1. The zero-order chi connectivity index (χ0) is 28.0. The highest BCUT2D eigenvalue weighted by atomic mass is 16.6. The molecule has 2 fully saturated rings. The molecule has 1 aromatic carbocycles. The van der Waals surface area contributed by atoms with Gasteiger partial charge in [-0.3, -0.25) is 9.59 Å². The summed E-state index contributed by atoms with van der Waals surface area (Å²) in [6.45, 7) is 5.39. The summed E-state index contributed by atoms with van der Waals surface area (Å²) in [6, 6.07) is 6.56. The lowest BCUT2D eigenvalue weighted by Crippen LogP contribution is -2.66. The van der Waals surface area contributed by atoms with E-state index in [4.69, 9.17) is 9.47 Å². The second-order valence-corrected chi connectivity index (χ2v) is 11.0. The standard InChI is InChI=1S/C29H42N4O6/c1-4-19-32(20(2)38-27(36)30-21-13-7-5-8-14-21)29(3,39-28(37)31-22-15-9-6-10-16-22)33-25(34)23-17-11-12-18-24(23)26(33)35/h11-12,17-18,20-22H,4-10,13-16,19H2,1-3H3,(H,30,36)(H,31,37). The number of amides is 4. The van der Waals surface area contributed by atoms with Crippen molar-refractivity contribution in [2.75, 3.05) is 6.54 Å². The Bertz CT molecular complexity index is 1020. The third-order valence-electron chi connectivity index (χ3n) is 8.06. The van der Waals surface area contributed by atoms with Gasteiger partial charge in [-0.1, -0.05) is 57.6 Å². The van der Waals surface area contributed by atoms with Gasteiger partial charge in [0.1, 0.15) is 0 Å². The molecule has 3 aliphatic rings. The number of alkyl carbamates (subject to hydrolysis) is 2. The molecule has 2 atom stereocenters. The van der Waals surface area contributed by atoms with Crippen LogP contribution in [0, 0.1) is 0 Å². The Labute approximate surface area is 230 Å². The van der Waals surface area contributed by atoms with Crippen LogP contribution in [-0.2, 0) is 9.47 Å². The maximum atomic E-state index is 13.6. The van der Waals surface area contributed by atoms with Crippen LogP contribution >= 0.6 is 0 Å². The normalized spacial score (nSPS) is 20.8. The highest BCUT2D eigenvalue weighted by Crippen LogP contribution is 2.34. The molecule has 10 heteroatoms. The largest absolute Gasteiger partial charge is 0.430 e. The minimum absolute atomic E-state index is 0.0350. The number of nitrogens with zero attached hydrogens (tertiary/aromatic N) is 2. The van der Waals surface area contributed by atoms with Crippen LogP contribution in [-0.4, -0.2) is 64.5 Å². The van der Waals surface area contributed by atoms with Crippen LogP contribution in [0.5, 0.6) is 0 Å². The zero-order valence-corrected chi connectivity index (χ0v) is 23.4. The zero-order valence-electron chi connectivity index (χ0n) is 23.4. The van der Waals surface area contributed by atoms with Crippen molar-refractivity contribution < 1.29 is 28.7 Å². The average Bonchev–Trinajstić information content (AvgIpc) is 3.18. The fourth-order valence-corrected chi connectivity index (χ4v) is 6.05. The van der Waals surface area contributed by atoms with E-state index < -0.39 is 36.1 Å². The second-order valence-electron chi connectivity index (χ2n) is 11.0. The minimum atomic E-state index is -1.85. The Balaban J connectivity index is 1.60. The topological polar surface area (TPSA) is 117 Å². The molecule has 10 nitrogen and oxygen atoms in total. The van der Waals surface area contributed by atoms with Crippen molar-refractivity contribution >= 4 is 24.0 Å². The molecule has 0 bridgehead atoms. The van der Waals surface area contributed by atoms with Crippen LogP contribution in [0.25, 0.3) is 0 Å². The van der Waals surface area contributed by atoms with Crippen LogP contribution in [0.2, 0.25) is 0 Å². The fraction of sp³-hybridized carbons (Fsp3) is 0.655. The smallest absolute Gasteiger partial charge is 0.410 e. The summed E-state index contributed by atoms with van der Waals surface area (Å²) in [6.07, 6.45) is 8.31. The van der Waals surface area contributed by atoms with E-state index in [2.05, 4.69) is 10.6 Å². The van der Waals surface area contributed by atoms with Gasteiger partial charge in [0.15, 0.2) is 6.23 Å². The van der Waals surface area contributed by atoms with Crippen molar-refractivity contribution in [3.8, 4) is 0 Å². The fourth-order valence-electron chi connectivity index (χ4n) is 6.05. The molecule has 0 aromatic heterocycles. The van der Waals surface area contributed by atoms with E-state index in [1.54, 1.807) is 36.1 Å². The molecule has 214 valence electrons. The monoisotopic (exact) mass is 542 g/mol. The van der Waals surface area contributed by atoms with Crippen LogP contribution in [0.15, 0.2) is 24.3 Å². The van der Waals surface area contributed by atoms with Crippen molar-refractivity contribution in [1.82, 2.24) is 20.4 Å². The minimum Gasteiger partial charge on any atom is -0.430 e. The van der Waals surface area contributed by atoms with Gasteiger partial charge >= 0.3 is 12.2 Å². The highest BCUT2D eigenvalue weighted by Gasteiger charge is 2.54. The van der Waals surface area contributed by atoms with Gasteiger partial charge in [0.05, 0.1) is 11.1 Å². The quantitative estimate of drug-likeness (QED) is 0.328. The van der Waals surface area contributed by atoms with Crippen LogP contribution in [0.3, 0.4) is 0 Å². The maximum Gasteiger partial charge on any atom is 0.410 e. The molecule has 2 unspecified atom stereocenters. The van der Waals surface area contributed by atoms with Crippen molar-refractivity contribution in [3.63, 3.8) is 0 Å². The number of nitrogens with one attached hydrogen (secondary N) is 2. The summed E-state index contributed by atoms with van der Waals surface area (Å²) in [5.41, 5.74) is 0.482. The molecule has 1 heterocycles. The molecule has 0 radical (unpaired) electrons. The number of fused-ring (bicyclic) bond motifs is 1. The van der Waals surface area contributed by atoms with Gasteiger partial charge in [-0.15, -0.1) is 0 Å². The van der Waals surface area contributed by atoms with Crippen LogP contribution in [0.4, 0.5) is 9.59 Å². The van der Waals surface area contributed by atoms with Crippen molar-refractivity contribution in [3.05, 3.63) is 35.4 Å². The number of hydrogen-bond acceptors (Lipinski definition) is 7. The van der Waals surface area contributed by atoms with Crippen molar-refractivity contribution in [2.24, 2.45) is 0 Å². The van der Waals surface area contributed by atoms with E-state index >= 15 is 0 Å². The van der Waals surface area contributed by atoms with Crippen molar-refractivity contribution in [1.29, 1.82) is 0 Å². The van der Waals surface area contributed by atoms with Gasteiger partial charge in [-0.2, -0.15) is 0 Å². The molecule has 0 spiro atoms. The molecule has 39 heavy (non-hydrogen) atoms.